The van der Waals surface area contributed by atoms with Crippen LogP contribution in [0.1, 0.15) is 41.8 Å². The zero-order chi connectivity index (χ0) is 13.8. The predicted molar refractivity (Wildman–Crippen MR) is 78.4 cm³/mol. The number of hydrogen-bond acceptors (Lipinski definition) is 3. The van der Waals surface area contributed by atoms with Crippen molar-refractivity contribution in [2.75, 3.05) is 13.1 Å². The number of hydrogen-bond donors (Lipinski definition) is 1. The van der Waals surface area contributed by atoms with E-state index in [1.54, 1.807) is 11.3 Å². The molecule has 1 aromatic heterocycles. The molecule has 5 heteroatoms. The molecule has 19 heavy (non-hydrogen) atoms. The van der Waals surface area contributed by atoms with E-state index in [-0.39, 0.29) is 6.03 Å². The summed E-state index contributed by atoms with van der Waals surface area (Å²) in [6.07, 6.45) is 3.57. The van der Waals surface area contributed by atoms with Crippen molar-refractivity contribution < 1.29 is 4.79 Å². The van der Waals surface area contributed by atoms with Gasteiger partial charge in [0.25, 0.3) is 0 Å². The topological polar surface area (TPSA) is 45.2 Å². The van der Waals surface area contributed by atoms with Gasteiger partial charge in [0.05, 0.1) is 17.2 Å². The van der Waals surface area contributed by atoms with E-state index < -0.39 is 0 Å². The lowest BCUT2D eigenvalue weighted by Crippen LogP contribution is -2.41. The third kappa shape index (κ3) is 4.20. The highest BCUT2D eigenvalue weighted by Gasteiger charge is 2.26. The van der Waals surface area contributed by atoms with Crippen molar-refractivity contribution in [1.29, 1.82) is 0 Å². The van der Waals surface area contributed by atoms with Gasteiger partial charge in [-0.25, -0.2) is 9.78 Å². The van der Waals surface area contributed by atoms with Gasteiger partial charge in [0.2, 0.25) is 0 Å². The fraction of sp³-hybridized carbons (Fsp3) is 0.714. The summed E-state index contributed by atoms with van der Waals surface area (Å²) >= 11 is 1.66. The highest BCUT2D eigenvalue weighted by molar-refractivity contribution is 7.11. The molecule has 0 unspecified atom stereocenters. The van der Waals surface area contributed by atoms with Gasteiger partial charge >= 0.3 is 6.03 Å². The Morgan fingerprint density at radius 1 is 1.47 bits per heavy atom. The van der Waals surface area contributed by atoms with Crippen LogP contribution < -0.4 is 5.32 Å². The minimum atomic E-state index is 0.0687. The molecular formula is C14H23N3OS. The van der Waals surface area contributed by atoms with Crippen molar-refractivity contribution in [2.45, 2.75) is 46.6 Å². The second-order valence-corrected chi connectivity index (χ2v) is 6.58. The van der Waals surface area contributed by atoms with E-state index in [0.717, 1.165) is 41.0 Å². The quantitative estimate of drug-likeness (QED) is 0.871. The molecule has 0 saturated heterocycles. The summed E-state index contributed by atoms with van der Waals surface area (Å²) < 4.78 is 0. The fourth-order valence-electron chi connectivity index (χ4n) is 2.16. The summed E-state index contributed by atoms with van der Waals surface area (Å²) in [4.78, 5) is 19.7. The van der Waals surface area contributed by atoms with Gasteiger partial charge in [-0.3, -0.25) is 0 Å². The van der Waals surface area contributed by atoms with Gasteiger partial charge in [0.15, 0.2) is 0 Å². The molecule has 0 atom stereocenters. The van der Waals surface area contributed by atoms with E-state index in [9.17, 15) is 4.79 Å². The Morgan fingerprint density at radius 3 is 2.74 bits per heavy atom. The van der Waals surface area contributed by atoms with Crippen molar-refractivity contribution >= 4 is 17.4 Å². The van der Waals surface area contributed by atoms with Crippen molar-refractivity contribution in [2.24, 2.45) is 5.92 Å². The Labute approximate surface area is 119 Å². The fourth-order valence-corrected chi connectivity index (χ4v) is 3.04. The molecule has 1 aliphatic carbocycles. The van der Waals surface area contributed by atoms with Crippen molar-refractivity contribution in [1.82, 2.24) is 15.2 Å². The first-order chi connectivity index (χ1) is 9.10. The first kappa shape index (κ1) is 14.3. The third-order valence-corrected chi connectivity index (χ3v) is 4.43. The Kier molecular flexibility index (Phi) is 4.80. The second kappa shape index (κ2) is 6.37. The number of urea groups is 1. The van der Waals surface area contributed by atoms with Crippen molar-refractivity contribution in [3.63, 3.8) is 0 Å². The molecule has 1 fully saturated rings. The monoisotopic (exact) mass is 281 g/mol. The Balaban J connectivity index is 1.85. The molecule has 106 valence electrons. The number of carbonyl (C=O) groups is 1. The first-order valence-electron chi connectivity index (χ1n) is 7.05. The average Bonchev–Trinajstić information content (AvgIpc) is 3.11. The predicted octanol–water partition coefficient (Wildman–Crippen LogP) is 3.09. The number of thiazole rings is 1. The molecule has 2 amide bonds. The zero-order valence-corrected chi connectivity index (χ0v) is 12.8. The molecule has 0 aromatic carbocycles. The van der Waals surface area contributed by atoms with Crippen LogP contribution in [0.25, 0.3) is 0 Å². The molecule has 2 rings (SSSR count). The van der Waals surface area contributed by atoms with Crippen molar-refractivity contribution in [3.05, 3.63) is 15.6 Å². The highest BCUT2D eigenvalue weighted by atomic mass is 32.1. The molecule has 4 nitrogen and oxygen atoms in total. The zero-order valence-electron chi connectivity index (χ0n) is 12.0. The summed E-state index contributed by atoms with van der Waals surface area (Å²) in [5.41, 5.74) is 1.03. The Hall–Kier alpha value is -1.10. The number of nitrogens with one attached hydrogen (secondary N) is 1. The molecule has 1 N–H and O–H groups in total. The van der Waals surface area contributed by atoms with Crippen LogP contribution in [-0.4, -0.2) is 29.0 Å². The maximum absolute atomic E-state index is 12.2. The van der Waals surface area contributed by atoms with E-state index in [0.29, 0.717) is 6.54 Å². The molecule has 0 radical (unpaired) electrons. The van der Waals surface area contributed by atoms with Crippen LogP contribution in [0.15, 0.2) is 0 Å². The minimum Gasteiger partial charge on any atom is -0.333 e. The molecule has 1 saturated carbocycles. The lowest BCUT2D eigenvalue weighted by atomic mass is 10.3. The maximum Gasteiger partial charge on any atom is 0.317 e. The third-order valence-electron chi connectivity index (χ3n) is 3.36. The van der Waals surface area contributed by atoms with Crippen LogP contribution in [-0.2, 0) is 6.54 Å². The molecule has 1 aliphatic rings. The van der Waals surface area contributed by atoms with Crippen LogP contribution in [0.3, 0.4) is 0 Å². The number of nitrogens with zero attached hydrogens (tertiary/aromatic N) is 2. The summed E-state index contributed by atoms with van der Waals surface area (Å²) in [5.74, 6) is 0.740. The molecular weight excluding hydrogens is 258 g/mol. The van der Waals surface area contributed by atoms with Gasteiger partial charge in [-0.05, 0) is 39.0 Å². The van der Waals surface area contributed by atoms with Crippen LogP contribution in [0.4, 0.5) is 4.79 Å². The van der Waals surface area contributed by atoms with Gasteiger partial charge in [0, 0.05) is 18.0 Å². The summed E-state index contributed by atoms with van der Waals surface area (Å²) in [7, 11) is 0. The van der Waals surface area contributed by atoms with E-state index in [1.165, 1.54) is 12.8 Å². The minimum absolute atomic E-state index is 0.0687. The van der Waals surface area contributed by atoms with Crippen molar-refractivity contribution in [3.8, 4) is 0 Å². The normalized spacial score (nSPS) is 14.5. The smallest absolute Gasteiger partial charge is 0.317 e. The maximum atomic E-state index is 12.2. The standard InChI is InChI=1S/C14H23N3OS/c1-4-7-17(9-12-5-6-12)14(18)15-8-13-10(2)16-11(3)19-13/h12H,4-9H2,1-3H3,(H,15,18). The van der Waals surface area contributed by atoms with Gasteiger partial charge in [-0.1, -0.05) is 6.92 Å². The van der Waals surface area contributed by atoms with Gasteiger partial charge < -0.3 is 10.2 Å². The average molecular weight is 281 g/mol. The number of aryl methyl sites for hydroxylation is 2. The number of carbonyl (C=O) groups excluding carboxylic acids is 1. The van der Waals surface area contributed by atoms with Crippen LogP contribution in [0, 0.1) is 19.8 Å². The lowest BCUT2D eigenvalue weighted by molar-refractivity contribution is 0.195. The van der Waals surface area contributed by atoms with Crippen LogP contribution in [0.2, 0.25) is 0 Å². The van der Waals surface area contributed by atoms with E-state index in [1.807, 2.05) is 18.7 Å². The Bertz CT molecular complexity index is 440. The SMILES string of the molecule is CCCN(CC1CC1)C(=O)NCc1sc(C)nc1C. The largest absolute Gasteiger partial charge is 0.333 e. The number of aromatic nitrogens is 1. The highest BCUT2D eigenvalue weighted by Crippen LogP contribution is 2.29. The molecule has 0 aliphatic heterocycles. The summed E-state index contributed by atoms with van der Waals surface area (Å²) in [5, 5.41) is 4.09. The molecule has 0 bridgehead atoms. The van der Waals surface area contributed by atoms with Crippen LogP contribution >= 0.6 is 11.3 Å². The van der Waals surface area contributed by atoms with E-state index in [4.69, 9.17) is 0 Å². The van der Waals surface area contributed by atoms with Gasteiger partial charge in [0.1, 0.15) is 0 Å². The summed E-state index contributed by atoms with van der Waals surface area (Å²) in [6, 6.07) is 0.0687. The van der Waals surface area contributed by atoms with E-state index in [2.05, 4.69) is 17.2 Å². The van der Waals surface area contributed by atoms with Gasteiger partial charge in [-0.2, -0.15) is 0 Å². The summed E-state index contributed by atoms with van der Waals surface area (Å²) in [6.45, 7) is 8.48. The second-order valence-electron chi connectivity index (χ2n) is 5.29. The molecule has 0 spiro atoms. The lowest BCUT2D eigenvalue weighted by Gasteiger charge is -2.22. The first-order valence-corrected chi connectivity index (χ1v) is 7.87. The Morgan fingerprint density at radius 2 is 2.21 bits per heavy atom. The van der Waals surface area contributed by atoms with Crippen LogP contribution in [0.5, 0.6) is 0 Å². The number of rotatable bonds is 6. The molecule has 1 heterocycles. The van der Waals surface area contributed by atoms with Gasteiger partial charge in [-0.15, -0.1) is 11.3 Å². The van der Waals surface area contributed by atoms with E-state index >= 15 is 0 Å². The number of amides is 2. The molecule has 1 aromatic rings.